The van der Waals surface area contributed by atoms with Gasteiger partial charge in [-0.25, -0.2) is 0 Å². The first-order valence-corrected chi connectivity index (χ1v) is 9.61. The standard InChI is InChI=1S/C21H22ClN3O4/c1-29-18-4-2-3-17(12-18)25-13-15(11-19(25)26)21(28)24-10-9-23-20(27)14-5-7-16(22)8-6-14/h2-8,12,15H,9-11,13H2,1H3,(H,23,27)(H,24,28). The van der Waals surface area contributed by atoms with E-state index in [1.165, 1.54) is 0 Å². The van der Waals surface area contributed by atoms with Crippen molar-refractivity contribution in [3.8, 4) is 5.75 Å². The molecule has 3 rings (SSSR count). The second-order valence-corrected chi connectivity index (χ2v) is 7.10. The summed E-state index contributed by atoms with van der Waals surface area (Å²) in [4.78, 5) is 38.3. The molecule has 1 aliphatic heterocycles. The van der Waals surface area contributed by atoms with Gasteiger partial charge in [-0.2, -0.15) is 0 Å². The Balaban J connectivity index is 1.45. The molecule has 1 fully saturated rings. The van der Waals surface area contributed by atoms with Crippen LogP contribution in [0.5, 0.6) is 5.75 Å². The van der Waals surface area contributed by atoms with Crippen molar-refractivity contribution in [1.29, 1.82) is 0 Å². The maximum Gasteiger partial charge on any atom is 0.251 e. The lowest BCUT2D eigenvalue weighted by molar-refractivity contribution is -0.126. The molecule has 0 saturated carbocycles. The molecule has 0 radical (unpaired) electrons. The maximum absolute atomic E-state index is 12.4. The first-order chi connectivity index (χ1) is 14.0. The third-order valence-corrected chi connectivity index (χ3v) is 4.93. The zero-order valence-electron chi connectivity index (χ0n) is 16.0. The van der Waals surface area contributed by atoms with Gasteiger partial charge in [-0.05, 0) is 36.4 Å². The van der Waals surface area contributed by atoms with Gasteiger partial charge in [0.25, 0.3) is 5.91 Å². The van der Waals surface area contributed by atoms with Crippen molar-refractivity contribution >= 4 is 35.0 Å². The fourth-order valence-corrected chi connectivity index (χ4v) is 3.25. The summed E-state index contributed by atoms with van der Waals surface area (Å²) >= 11 is 5.80. The fraction of sp³-hybridized carbons (Fsp3) is 0.286. The van der Waals surface area contributed by atoms with Gasteiger partial charge in [-0.15, -0.1) is 0 Å². The van der Waals surface area contributed by atoms with E-state index >= 15 is 0 Å². The molecule has 0 spiro atoms. The monoisotopic (exact) mass is 415 g/mol. The Morgan fingerprint density at radius 3 is 2.59 bits per heavy atom. The molecule has 2 aromatic carbocycles. The molecule has 1 saturated heterocycles. The number of methoxy groups -OCH3 is 1. The van der Waals surface area contributed by atoms with Crippen LogP contribution < -0.4 is 20.3 Å². The minimum absolute atomic E-state index is 0.102. The summed E-state index contributed by atoms with van der Waals surface area (Å²) in [6, 6.07) is 13.7. The van der Waals surface area contributed by atoms with Gasteiger partial charge < -0.3 is 20.3 Å². The van der Waals surface area contributed by atoms with E-state index in [9.17, 15) is 14.4 Å². The number of carbonyl (C=O) groups is 3. The van der Waals surface area contributed by atoms with Gasteiger partial charge in [0, 0.05) is 48.4 Å². The Labute approximate surface area is 174 Å². The molecule has 7 nitrogen and oxygen atoms in total. The van der Waals surface area contributed by atoms with Crippen molar-refractivity contribution in [2.45, 2.75) is 6.42 Å². The Morgan fingerprint density at radius 2 is 1.86 bits per heavy atom. The quantitative estimate of drug-likeness (QED) is 0.679. The summed E-state index contributed by atoms with van der Waals surface area (Å²) < 4.78 is 5.19. The Morgan fingerprint density at radius 1 is 1.14 bits per heavy atom. The number of benzene rings is 2. The van der Waals surface area contributed by atoms with Crippen molar-refractivity contribution in [2.24, 2.45) is 5.92 Å². The van der Waals surface area contributed by atoms with Crippen molar-refractivity contribution < 1.29 is 19.1 Å². The minimum Gasteiger partial charge on any atom is -0.497 e. The lowest BCUT2D eigenvalue weighted by Gasteiger charge is -2.17. The average Bonchev–Trinajstić information content (AvgIpc) is 3.13. The maximum atomic E-state index is 12.4. The molecule has 2 aromatic rings. The molecule has 29 heavy (non-hydrogen) atoms. The van der Waals surface area contributed by atoms with Crippen LogP contribution in [0.2, 0.25) is 5.02 Å². The van der Waals surface area contributed by atoms with Gasteiger partial charge in [0.05, 0.1) is 13.0 Å². The number of hydrogen-bond donors (Lipinski definition) is 2. The number of hydrogen-bond acceptors (Lipinski definition) is 4. The number of carbonyl (C=O) groups excluding carboxylic acids is 3. The normalized spacial score (nSPS) is 15.9. The summed E-state index contributed by atoms with van der Waals surface area (Å²) in [6.45, 7) is 0.879. The van der Waals surface area contributed by atoms with E-state index in [2.05, 4.69) is 10.6 Å². The van der Waals surface area contributed by atoms with E-state index < -0.39 is 5.92 Å². The molecule has 1 heterocycles. The summed E-state index contributed by atoms with van der Waals surface area (Å²) in [5, 5.41) is 6.07. The van der Waals surface area contributed by atoms with E-state index in [1.807, 2.05) is 6.07 Å². The van der Waals surface area contributed by atoms with E-state index in [1.54, 1.807) is 54.5 Å². The van der Waals surface area contributed by atoms with Crippen LogP contribution in [-0.4, -0.2) is 44.5 Å². The second-order valence-electron chi connectivity index (χ2n) is 6.66. The highest BCUT2D eigenvalue weighted by atomic mass is 35.5. The topological polar surface area (TPSA) is 87.7 Å². The van der Waals surface area contributed by atoms with Gasteiger partial charge in [0.1, 0.15) is 5.75 Å². The minimum atomic E-state index is -0.430. The number of halogens is 1. The Bertz CT molecular complexity index is 901. The van der Waals surface area contributed by atoms with Gasteiger partial charge in [-0.1, -0.05) is 17.7 Å². The fourth-order valence-electron chi connectivity index (χ4n) is 3.12. The van der Waals surface area contributed by atoms with Crippen LogP contribution in [0.4, 0.5) is 5.69 Å². The molecule has 2 N–H and O–H groups in total. The molecule has 0 bridgehead atoms. The van der Waals surface area contributed by atoms with Crippen molar-refractivity contribution in [3.05, 3.63) is 59.1 Å². The van der Waals surface area contributed by atoms with Crippen LogP contribution >= 0.6 is 11.6 Å². The Hall–Kier alpha value is -3.06. The molecule has 1 aliphatic rings. The largest absolute Gasteiger partial charge is 0.497 e. The van der Waals surface area contributed by atoms with E-state index in [0.29, 0.717) is 28.6 Å². The molecule has 1 atom stereocenters. The molecule has 1 unspecified atom stereocenters. The summed E-state index contributed by atoms with van der Waals surface area (Å²) in [5.74, 6) is -0.324. The van der Waals surface area contributed by atoms with E-state index in [4.69, 9.17) is 16.3 Å². The smallest absolute Gasteiger partial charge is 0.251 e. The average molecular weight is 416 g/mol. The first kappa shape index (κ1) is 20.7. The molecule has 8 heteroatoms. The van der Waals surface area contributed by atoms with Gasteiger partial charge in [0.15, 0.2) is 0 Å². The first-order valence-electron chi connectivity index (χ1n) is 9.24. The van der Waals surface area contributed by atoms with Crippen molar-refractivity contribution in [1.82, 2.24) is 10.6 Å². The van der Waals surface area contributed by atoms with E-state index in [0.717, 1.165) is 0 Å². The Kier molecular flexibility index (Phi) is 6.72. The zero-order chi connectivity index (χ0) is 20.8. The lowest BCUT2D eigenvalue weighted by atomic mass is 10.1. The predicted octanol–water partition coefficient (Wildman–Crippen LogP) is 2.25. The SMILES string of the molecule is COc1cccc(N2CC(C(=O)NCCNC(=O)c3ccc(Cl)cc3)CC2=O)c1. The van der Waals surface area contributed by atoms with Crippen LogP contribution in [0.1, 0.15) is 16.8 Å². The number of ether oxygens (including phenoxy) is 1. The van der Waals surface area contributed by atoms with Crippen LogP contribution in [0, 0.1) is 5.92 Å². The number of nitrogens with zero attached hydrogens (tertiary/aromatic N) is 1. The van der Waals surface area contributed by atoms with Crippen LogP contribution in [0.3, 0.4) is 0 Å². The number of amides is 3. The predicted molar refractivity (Wildman–Crippen MR) is 110 cm³/mol. The summed E-state index contributed by atoms with van der Waals surface area (Å²) in [5.41, 5.74) is 1.20. The van der Waals surface area contributed by atoms with Gasteiger partial charge >= 0.3 is 0 Å². The molecule has 0 aromatic heterocycles. The molecule has 0 aliphatic carbocycles. The third-order valence-electron chi connectivity index (χ3n) is 4.68. The highest BCUT2D eigenvalue weighted by Gasteiger charge is 2.35. The zero-order valence-corrected chi connectivity index (χ0v) is 16.7. The van der Waals surface area contributed by atoms with Gasteiger partial charge in [0.2, 0.25) is 11.8 Å². The summed E-state index contributed by atoms with van der Waals surface area (Å²) in [6.07, 6.45) is 0.153. The van der Waals surface area contributed by atoms with Crippen LogP contribution in [-0.2, 0) is 9.59 Å². The van der Waals surface area contributed by atoms with Gasteiger partial charge in [-0.3, -0.25) is 14.4 Å². The molecular weight excluding hydrogens is 394 g/mol. The number of rotatable bonds is 7. The molecule has 3 amide bonds. The lowest BCUT2D eigenvalue weighted by Crippen LogP contribution is -2.38. The molecular formula is C21H22ClN3O4. The van der Waals surface area contributed by atoms with Crippen molar-refractivity contribution in [2.75, 3.05) is 31.6 Å². The highest BCUT2D eigenvalue weighted by Crippen LogP contribution is 2.27. The summed E-state index contributed by atoms with van der Waals surface area (Å²) in [7, 11) is 1.56. The van der Waals surface area contributed by atoms with Crippen molar-refractivity contribution in [3.63, 3.8) is 0 Å². The van der Waals surface area contributed by atoms with E-state index in [-0.39, 0.29) is 37.2 Å². The second kappa shape index (κ2) is 9.43. The number of anilines is 1. The highest BCUT2D eigenvalue weighted by molar-refractivity contribution is 6.30. The van der Waals surface area contributed by atoms with Crippen LogP contribution in [0.15, 0.2) is 48.5 Å². The third kappa shape index (κ3) is 5.26. The number of nitrogens with one attached hydrogen (secondary N) is 2. The van der Waals surface area contributed by atoms with Crippen LogP contribution in [0.25, 0.3) is 0 Å². The molecule has 152 valence electrons.